The van der Waals surface area contributed by atoms with Crippen molar-refractivity contribution in [2.24, 2.45) is 11.6 Å². The maximum absolute atomic E-state index is 9.94. The third kappa shape index (κ3) is 31.4. The standard InChI is InChI=1S/C4H8O.C3H8N2O.C3H5NO2/c1-3-4(2)5;1-2-3(6)5-4;1-2(5)3(4)6/h3H2,1-2H3;2,4H2,1H3,(H,5,6);1H3,(H2,4,6). The molecule has 0 aromatic rings. The molecule has 0 heterocycles. The Morgan fingerprint density at radius 3 is 1.29 bits per heavy atom. The van der Waals surface area contributed by atoms with Crippen molar-refractivity contribution in [1.29, 1.82) is 0 Å². The molecule has 0 unspecified atom stereocenters. The molecular weight excluding hydrogens is 226 g/mol. The maximum Gasteiger partial charge on any atom is 0.284 e. The lowest BCUT2D eigenvalue weighted by molar-refractivity contribution is -0.134. The van der Waals surface area contributed by atoms with Gasteiger partial charge in [-0.15, -0.1) is 0 Å². The van der Waals surface area contributed by atoms with Crippen LogP contribution in [0, 0.1) is 0 Å². The molecule has 0 radical (unpaired) electrons. The fourth-order valence-corrected chi connectivity index (χ4v) is 0.102. The zero-order valence-corrected chi connectivity index (χ0v) is 10.7. The topological polar surface area (TPSA) is 132 Å². The Bertz CT molecular complexity index is 246. The Labute approximate surface area is 101 Å². The van der Waals surface area contributed by atoms with Gasteiger partial charge in [0.15, 0.2) is 0 Å². The lowest BCUT2D eigenvalue weighted by Gasteiger charge is -1.87. The van der Waals surface area contributed by atoms with Crippen molar-refractivity contribution in [3.05, 3.63) is 0 Å². The number of Topliss-reactive ketones (excluding diaryl/α,β-unsaturated/α-hetero) is 2. The van der Waals surface area contributed by atoms with Gasteiger partial charge in [-0.25, -0.2) is 5.84 Å². The van der Waals surface area contributed by atoms with Crippen molar-refractivity contribution in [2.75, 3.05) is 0 Å². The van der Waals surface area contributed by atoms with Crippen molar-refractivity contribution >= 4 is 23.4 Å². The number of hydrogen-bond acceptors (Lipinski definition) is 5. The summed E-state index contributed by atoms with van der Waals surface area (Å²) in [6.07, 6.45) is 1.12. The van der Waals surface area contributed by atoms with Gasteiger partial charge in [0.1, 0.15) is 5.78 Å². The number of hydrogen-bond donors (Lipinski definition) is 3. The Hall–Kier alpha value is -1.76. The molecule has 0 aromatic heterocycles. The number of nitrogens with one attached hydrogen (secondary N) is 1. The highest BCUT2D eigenvalue weighted by Gasteiger charge is 1.95. The Morgan fingerprint density at radius 1 is 1.00 bits per heavy atom. The van der Waals surface area contributed by atoms with E-state index in [1.807, 2.05) is 12.3 Å². The van der Waals surface area contributed by atoms with Gasteiger partial charge in [-0.3, -0.25) is 19.8 Å². The van der Waals surface area contributed by atoms with Gasteiger partial charge < -0.3 is 10.5 Å². The summed E-state index contributed by atoms with van der Waals surface area (Å²) in [4.78, 5) is 39.0. The first-order valence-corrected chi connectivity index (χ1v) is 5.02. The number of ketones is 2. The molecule has 7 nitrogen and oxygen atoms in total. The van der Waals surface area contributed by atoms with E-state index >= 15 is 0 Å². The van der Waals surface area contributed by atoms with Gasteiger partial charge in [0.25, 0.3) is 5.91 Å². The zero-order valence-electron chi connectivity index (χ0n) is 10.7. The molecule has 5 N–H and O–H groups in total. The first-order valence-electron chi connectivity index (χ1n) is 5.02. The minimum Gasteiger partial charge on any atom is -0.363 e. The van der Waals surface area contributed by atoms with E-state index in [1.165, 1.54) is 0 Å². The molecule has 2 amide bonds. The third-order valence-electron chi connectivity index (χ3n) is 1.33. The Balaban J connectivity index is -0.000000174. The molecule has 0 fully saturated rings. The summed E-state index contributed by atoms with van der Waals surface area (Å²) < 4.78 is 0. The summed E-state index contributed by atoms with van der Waals surface area (Å²) in [6, 6.07) is 0. The van der Waals surface area contributed by atoms with Crippen molar-refractivity contribution in [3.63, 3.8) is 0 Å². The first-order chi connectivity index (χ1) is 7.72. The summed E-state index contributed by atoms with van der Waals surface area (Å²) >= 11 is 0. The first kappa shape index (κ1) is 20.6. The van der Waals surface area contributed by atoms with Gasteiger partial charge >= 0.3 is 0 Å². The molecule has 0 aliphatic heterocycles. The van der Waals surface area contributed by atoms with Gasteiger partial charge in [-0.1, -0.05) is 13.8 Å². The lowest BCUT2D eigenvalue weighted by Crippen LogP contribution is -2.28. The van der Waals surface area contributed by atoms with Crippen LogP contribution in [0.25, 0.3) is 0 Å². The fraction of sp³-hybridized carbons (Fsp3) is 0.600. The molecule has 100 valence electrons. The molecule has 0 aliphatic carbocycles. The van der Waals surface area contributed by atoms with Gasteiger partial charge in [0, 0.05) is 19.8 Å². The normalized spacial score (nSPS) is 7.59. The zero-order chi connectivity index (χ0) is 14.4. The number of rotatable bonds is 3. The Morgan fingerprint density at radius 2 is 1.29 bits per heavy atom. The highest BCUT2D eigenvalue weighted by molar-refractivity contribution is 6.34. The predicted octanol–water partition coefficient (Wildman–Crippen LogP) is -0.568. The van der Waals surface area contributed by atoms with Crippen molar-refractivity contribution in [2.45, 2.75) is 40.5 Å². The average Bonchev–Trinajstić information content (AvgIpc) is 2.29. The quantitative estimate of drug-likeness (QED) is 0.266. The van der Waals surface area contributed by atoms with E-state index in [4.69, 9.17) is 0 Å². The van der Waals surface area contributed by atoms with Crippen molar-refractivity contribution in [1.82, 2.24) is 5.43 Å². The van der Waals surface area contributed by atoms with Crippen molar-refractivity contribution < 1.29 is 19.2 Å². The highest BCUT2D eigenvalue weighted by atomic mass is 16.2. The molecule has 0 aliphatic rings. The van der Waals surface area contributed by atoms with Crippen LogP contribution in [0.3, 0.4) is 0 Å². The minimum atomic E-state index is -0.880. The summed E-state index contributed by atoms with van der Waals surface area (Å²) in [5, 5.41) is 0. The molecule has 0 rings (SSSR count). The highest BCUT2D eigenvalue weighted by Crippen LogP contribution is 1.71. The van der Waals surface area contributed by atoms with E-state index in [0.717, 1.165) is 6.92 Å². The van der Waals surface area contributed by atoms with Crippen LogP contribution in [0.15, 0.2) is 0 Å². The van der Waals surface area contributed by atoms with E-state index in [2.05, 4.69) is 11.6 Å². The average molecular weight is 247 g/mol. The summed E-state index contributed by atoms with van der Waals surface area (Å²) in [7, 11) is 0. The molecule has 0 saturated heterocycles. The van der Waals surface area contributed by atoms with Gasteiger partial charge in [-0.2, -0.15) is 0 Å². The van der Waals surface area contributed by atoms with Crippen LogP contribution in [0.4, 0.5) is 0 Å². The number of hydrazine groups is 1. The number of amides is 2. The van der Waals surface area contributed by atoms with E-state index in [9.17, 15) is 19.2 Å². The number of carbonyl (C=O) groups is 4. The third-order valence-corrected chi connectivity index (χ3v) is 1.33. The predicted molar refractivity (Wildman–Crippen MR) is 63.5 cm³/mol. The van der Waals surface area contributed by atoms with Crippen LogP contribution in [0.2, 0.25) is 0 Å². The second-order valence-corrected chi connectivity index (χ2v) is 2.90. The van der Waals surface area contributed by atoms with E-state index in [-0.39, 0.29) is 11.7 Å². The monoisotopic (exact) mass is 247 g/mol. The second kappa shape index (κ2) is 14.2. The smallest absolute Gasteiger partial charge is 0.284 e. The fourth-order valence-electron chi connectivity index (χ4n) is 0.102. The van der Waals surface area contributed by atoms with E-state index in [1.54, 1.807) is 13.8 Å². The van der Waals surface area contributed by atoms with Crippen LogP contribution in [-0.4, -0.2) is 23.4 Å². The molecule has 0 saturated carbocycles. The number of carbonyl (C=O) groups excluding carboxylic acids is 4. The largest absolute Gasteiger partial charge is 0.363 e. The van der Waals surface area contributed by atoms with Crippen molar-refractivity contribution in [3.8, 4) is 0 Å². The SMILES string of the molecule is CC(=O)C(N)=O.CCC(=O)NN.CCC(C)=O. The van der Waals surface area contributed by atoms with Gasteiger partial charge in [-0.05, 0) is 6.92 Å². The molecule has 0 bridgehead atoms. The summed E-state index contributed by atoms with van der Waals surface area (Å²) in [6.45, 7) is 6.30. The van der Waals surface area contributed by atoms with Gasteiger partial charge in [0.2, 0.25) is 11.7 Å². The second-order valence-electron chi connectivity index (χ2n) is 2.90. The molecule has 0 aromatic carbocycles. The maximum atomic E-state index is 9.94. The minimum absolute atomic E-state index is 0.130. The van der Waals surface area contributed by atoms with Crippen LogP contribution in [-0.2, 0) is 19.2 Å². The molecule has 7 heteroatoms. The van der Waals surface area contributed by atoms with Crippen LogP contribution < -0.4 is 17.0 Å². The van der Waals surface area contributed by atoms with Crippen LogP contribution in [0.5, 0.6) is 0 Å². The van der Waals surface area contributed by atoms with Gasteiger partial charge in [0.05, 0.1) is 0 Å². The summed E-state index contributed by atoms with van der Waals surface area (Å²) in [5.74, 6) is 3.33. The van der Waals surface area contributed by atoms with Crippen LogP contribution in [0.1, 0.15) is 40.5 Å². The summed E-state index contributed by atoms with van der Waals surface area (Å²) in [5.41, 5.74) is 6.42. The lowest BCUT2D eigenvalue weighted by atomic mass is 10.4. The molecule has 0 atom stereocenters. The van der Waals surface area contributed by atoms with E-state index < -0.39 is 11.7 Å². The molecular formula is C10H21N3O4. The Kier molecular flexibility index (Phi) is 17.3. The van der Waals surface area contributed by atoms with Crippen LogP contribution >= 0.6 is 0 Å². The van der Waals surface area contributed by atoms with E-state index in [0.29, 0.717) is 12.8 Å². The molecule has 17 heavy (non-hydrogen) atoms. The molecule has 0 spiro atoms. The number of primary amides is 1. The number of nitrogens with two attached hydrogens (primary N) is 2.